The molecular formula is C12H10N4S2. The van der Waals surface area contributed by atoms with E-state index >= 15 is 0 Å². The van der Waals surface area contributed by atoms with E-state index < -0.39 is 0 Å². The molecule has 0 aliphatic carbocycles. The molecule has 0 unspecified atom stereocenters. The molecule has 18 heavy (non-hydrogen) atoms. The molecule has 3 aromatic rings. The summed E-state index contributed by atoms with van der Waals surface area (Å²) in [6.45, 7) is 1.98. The Hall–Kier alpha value is -1.79. The summed E-state index contributed by atoms with van der Waals surface area (Å²) in [7, 11) is 0. The molecule has 3 rings (SSSR count). The van der Waals surface area contributed by atoms with Crippen LogP contribution in [-0.2, 0) is 0 Å². The molecule has 0 fully saturated rings. The summed E-state index contributed by atoms with van der Waals surface area (Å²) < 4.78 is 1.15. The van der Waals surface area contributed by atoms with Crippen molar-refractivity contribution in [3.8, 4) is 0 Å². The standard InChI is InChI=1S/C12H10N4S2/c1-8-14-9(7-17-8)6-13-16-12-15-10-4-2-3-5-11(10)18-12/h2-7H,1H3,(H,15,16)/b13-6-. The number of fused-ring (bicyclic) bond motifs is 1. The van der Waals surface area contributed by atoms with Crippen molar-refractivity contribution < 1.29 is 0 Å². The van der Waals surface area contributed by atoms with Gasteiger partial charge in [0.05, 0.1) is 27.1 Å². The number of hydrazone groups is 1. The molecule has 0 atom stereocenters. The van der Waals surface area contributed by atoms with Crippen molar-refractivity contribution in [2.24, 2.45) is 5.10 Å². The third-order valence-corrected chi connectivity index (χ3v) is 4.02. The van der Waals surface area contributed by atoms with Crippen LogP contribution in [0, 0.1) is 6.92 Å². The second kappa shape index (κ2) is 4.83. The van der Waals surface area contributed by atoms with Crippen molar-refractivity contribution in [2.45, 2.75) is 6.92 Å². The number of hydrogen-bond acceptors (Lipinski definition) is 6. The maximum Gasteiger partial charge on any atom is 0.204 e. The molecule has 1 N–H and O–H groups in total. The Labute approximate surface area is 112 Å². The van der Waals surface area contributed by atoms with Gasteiger partial charge >= 0.3 is 0 Å². The molecule has 0 aliphatic heterocycles. The normalized spacial score (nSPS) is 11.4. The zero-order valence-electron chi connectivity index (χ0n) is 9.62. The molecule has 6 heteroatoms. The first-order valence-corrected chi connectivity index (χ1v) is 7.08. The van der Waals surface area contributed by atoms with Gasteiger partial charge in [0, 0.05) is 5.38 Å². The van der Waals surface area contributed by atoms with Gasteiger partial charge in [0.2, 0.25) is 5.13 Å². The van der Waals surface area contributed by atoms with E-state index in [1.54, 1.807) is 28.9 Å². The lowest BCUT2D eigenvalue weighted by Gasteiger charge is -1.90. The summed E-state index contributed by atoms with van der Waals surface area (Å²) >= 11 is 3.20. The van der Waals surface area contributed by atoms with Gasteiger partial charge in [0.25, 0.3) is 0 Å². The van der Waals surface area contributed by atoms with Gasteiger partial charge < -0.3 is 0 Å². The lowest BCUT2D eigenvalue weighted by molar-refractivity contribution is 1.26. The summed E-state index contributed by atoms with van der Waals surface area (Å²) in [5, 5.41) is 7.94. The first-order valence-electron chi connectivity index (χ1n) is 5.38. The van der Waals surface area contributed by atoms with Gasteiger partial charge in [-0.25, -0.2) is 9.97 Å². The zero-order chi connectivity index (χ0) is 12.4. The minimum absolute atomic E-state index is 0.791. The number of aryl methyl sites for hydroxylation is 1. The van der Waals surface area contributed by atoms with Crippen LogP contribution in [0.1, 0.15) is 10.7 Å². The fraction of sp³-hybridized carbons (Fsp3) is 0.0833. The molecule has 0 saturated carbocycles. The van der Waals surface area contributed by atoms with Crippen LogP contribution in [-0.4, -0.2) is 16.2 Å². The monoisotopic (exact) mass is 274 g/mol. The van der Waals surface area contributed by atoms with E-state index in [1.165, 1.54) is 0 Å². The SMILES string of the molecule is Cc1nc(/C=N\Nc2nc3ccccc3s2)cs1. The minimum Gasteiger partial charge on any atom is -0.253 e. The highest BCUT2D eigenvalue weighted by atomic mass is 32.1. The fourth-order valence-corrected chi connectivity index (χ4v) is 2.89. The van der Waals surface area contributed by atoms with E-state index in [2.05, 4.69) is 20.5 Å². The number of thiazole rings is 2. The highest BCUT2D eigenvalue weighted by Gasteiger charge is 2.00. The minimum atomic E-state index is 0.791. The largest absolute Gasteiger partial charge is 0.253 e. The molecular weight excluding hydrogens is 264 g/mol. The highest BCUT2D eigenvalue weighted by Crippen LogP contribution is 2.25. The number of para-hydroxylation sites is 1. The van der Waals surface area contributed by atoms with Gasteiger partial charge in [-0.2, -0.15) is 5.10 Å². The van der Waals surface area contributed by atoms with Crippen LogP contribution in [0.25, 0.3) is 10.2 Å². The summed E-state index contributed by atoms with van der Waals surface area (Å²) in [5.74, 6) is 0. The van der Waals surface area contributed by atoms with Gasteiger partial charge in [-0.1, -0.05) is 23.5 Å². The van der Waals surface area contributed by atoms with Crippen molar-refractivity contribution in [2.75, 3.05) is 5.43 Å². The number of aromatic nitrogens is 2. The molecule has 0 amide bonds. The molecule has 0 radical (unpaired) electrons. The average molecular weight is 274 g/mol. The maximum atomic E-state index is 4.42. The Morgan fingerprint density at radius 1 is 1.28 bits per heavy atom. The number of hydrogen-bond donors (Lipinski definition) is 1. The third kappa shape index (κ3) is 2.39. The topological polar surface area (TPSA) is 50.2 Å². The molecule has 1 aromatic carbocycles. The summed E-state index contributed by atoms with van der Waals surface area (Å²) in [5.41, 5.74) is 4.79. The molecule has 0 bridgehead atoms. The molecule has 0 aliphatic rings. The molecule has 0 saturated heterocycles. The van der Waals surface area contributed by atoms with Crippen LogP contribution < -0.4 is 5.43 Å². The Kier molecular flexibility index (Phi) is 3.04. The van der Waals surface area contributed by atoms with Crippen molar-refractivity contribution in [3.05, 3.63) is 40.3 Å². The Morgan fingerprint density at radius 2 is 2.17 bits per heavy atom. The van der Waals surface area contributed by atoms with E-state index in [9.17, 15) is 0 Å². The van der Waals surface area contributed by atoms with E-state index in [1.807, 2.05) is 36.6 Å². The Balaban J connectivity index is 1.74. The first-order chi connectivity index (χ1) is 8.81. The van der Waals surface area contributed by atoms with Crippen molar-refractivity contribution >= 4 is 44.2 Å². The van der Waals surface area contributed by atoms with Crippen LogP contribution in [0.4, 0.5) is 5.13 Å². The molecule has 2 aromatic heterocycles. The molecule has 2 heterocycles. The first kappa shape index (κ1) is 11.3. The quantitative estimate of drug-likeness (QED) is 0.587. The predicted octanol–water partition coefficient (Wildman–Crippen LogP) is 3.51. The smallest absolute Gasteiger partial charge is 0.204 e. The lowest BCUT2D eigenvalue weighted by atomic mass is 10.3. The van der Waals surface area contributed by atoms with E-state index in [-0.39, 0.29) is 0 Å². The van der Waals surface area contributed by atoms with Gasteiger partial charge in [-0.15, -0.1) is 11.3 Å². The lowest BCUT2D eigenvalue weighted by Crippen LogP contribution is -1.89. The van der Waals surface area contributed by atoms with Crippen LogP contribution in [0.5, 0.6) is 0 Å². The second-order valence-corrected chi connectivity index (χ2v) is 5.74. The van der Waals surface area contributed by atoms with E-state index in [4.69, 9.17) is 0 Å². The third-order valence-electron chi connectivity index (χ3n) is 2.29. The van der Waals surface area contributed by atoms with E-state index in [0.29, 0.717) is 0 Å². The van der Waals surface area contributed by atoms with Crippen molar-refractivity contribution in [1.29, 1.82) is 0 Å². The van der Waals surface area contributed by atoms with Crippen LogP contribution in [0.2, 0.25) is 0 Å². The van der Waals surface area contributed by atoms with Crippen LogP contribution in [0.3, 0.4) is 0 Å². The van der Waals surface area contributed by atoms with Gasteiger partial charge in [0.15, 0.2) is 0 Å². The predicted molar refractivity (Wildman–Crippen MR) is 77.7 cm³/mol. The Bertz CT molecular complexity index is 666. The van der Waals surface area contributed by atoms with Gasteiger partial charge in [0.1, 0.15) is 0 Å². The highest BCUT2D eigenvalue weighted by molar-refractivity contribution is 7.22. The number of benzene rings is 1. The number of nitrogens with one attached hydrogen (secondary N) is 1. The van der Waals surface area contributed by atoms with E-state index in [0.717, 1.165) is 26.0 Å². The number of rotatable bonds is 3. The molecule has 4 nitrogen and oxygen atoms in total. The molecule has 90 valence electrons. The van der Waals surface area contributed by atoms with Crippen LogP contribution in [0.15, 0.2) is 34.7 Å². The fourth-order valence-electron chi connectivity index (χ4n) is 1.51. The zero-order valence-corrected chi connectivity index (χ0v) is 11.3. The summed E-state index contributed by atoms with van der Waals surface area (Å²) in [6, 6.07) is 8.02. The molecule has 0 spiro atoms. The number of anilines is 1. The van der Waals surface area contributed by atoms with Crippen LogP contribution >= 0.6 is 22.7 Å². The second-order valence-electron chi connectivity index (χ2n) is 3.65. The average Bonchev–Trinajstić information content (AvgIpc) is 2.95. The van der Waals surface area contributed by atoms with Crippen molar-refractivity contribution in [1.82, 2.24) is 9.97 Å². The summed E-state index contributed by atoms with van der Waals surface area (Å²) in [4.78, 5) is 8.72. The number of nitrogens with zero attached hydrogens (tertiary/aromatic N) is 3. The summed E-state index contributed by atoms with van der Waals surface area (Å²) in [6.07, 6.45) is 1.70. The van der Waals surface area contributed by atoms with Gasteiger partial charge in [-0.3, -0.25) is 5.43 Å². The Morgan fingerprint density at radius 3 is 2.94 bits per heavy atom. The van der Waals surface area contributed by atoms with Gasteiger partial charge in [-0.05, 0) is 19.1 Å². The maximum absolute atomic E-state index is 4.42. The van der Waals surface area contributed by atoms with Crippen molar-refractivity contribution in [3.63, 3.8) is 0 Å².